The summed E-state index contributed by atoms with van der Waals surface area (Å²) in [7, 11) is 4.39. The van der Waals surface area contributed by atoms with Gasteiger partial charge in [-0.1, -0.05) is 24.3 Å². The molecule has 0 amide bonds. The van der Waals surface area contributed by atoms with Crippen LogP contribution in [0, 0.1) is 0 Å². The predicted octanol–water partition coefficient (Wildman–Crippen LogP) is 4.68. The van der Waals surface area contributed by atoms with Gasteiger partial charge in [0.05, 0.1) is 0 Å². The number of nitrogens with zero attached hydrogens (tertiary/aromatic N) is 4. The second-order valence-electron chi connectivity index (χ2n) is 10.6. The van der Waals surface area contributed by atoms with E-state index >= 15 is 0 Å². The van der Waals surface area contributed by atoms with Gasteiger partial charge in [0.25, 0.3) is 0 Å². The summed E-state index contributed by atoms with van der Waals surface area (Å²) in [5.74, 6) is 2.67. The molecule has 0 radical (unpaired) electrons. The monoisotopic (exact) mass is 403 g/mol. The van der Waals surface area contributed by atoms with Gasteiger partial charge in [0.2, 0.25) is 5.95 Å². The van der Waals surface area contributed by atoms with E-state index in [0.29, 0.717) is 17.5 Å². The minimum absolute atomic E-state index is 0.192. The number of nitrogens with one attached hydrogen (secondary N) is 1. The minimum Gasteiger partial charge on any atom is -0.351 e. The summed E-state index contributed by atoms with van der Waals surface area (Å²) in [6, 6.07) is 10.3. The van der Waals surface area contributed by atoms with Crippen LogP contribution in [0.5, 0.6) is 0 Å². The number of aromatic nitrogens is 3. The van der Waals surface area contributed by atoms with E-state index in [2.05, 4.69) is 48.6 Å². The summed E-state index contributed by atoms with van der Waals surface area (Å²) in [4.78, 5) is 17.3. The van der Waals surface area contributed by atoms with Crippen molar-refractivity contribution in [3.63, 3.8) is 0 Å². The molecule has 3 aliphatic carbocycles. The van der Waals surface area contributed by atoms with E-state index in [1.807, 2.05) is 0 Å². The highest BCUT2D eigenvalue weighted by molar-refractivity contribution is 5.58. The third kappa shape index (κ3) is 3.22. The fraction of sp³-hybridized carbons (Fsp3) is 0.640. The lowest BCUT2D eigenvalue weighted by atomic mass is 9.86. The lowest BCUT2D eigenvalue weighted by molar-refractivity contribution is 0.221. The van der Waals surface area contributed by atoms with E-state index in [1.54, 1.807) is 0 Å². The van der Waals surface area contributed by atoms with Gasteiger partial charge in [0, 0.05) is 23.1 Å². The summed E-state index contributed by atoms with van der Waals surface area (Å²) >= 11 is 0. The lowest BCUT2D eigenvalue weighted by Gasteiger charge is -2.33. The molecular weight excluding hydrogens is 370 g/mol. The maximum Gasteiger partial charge on any atom is 0.226 e. The van der Waals surface area contributed by atoms with Gasteiger partial charge in [-0.25, -0.2) is 4.98 Å². The van der Waals surface area contributed by atoms with Gasteiger partial charge < -0.3 is 10.2 Å². The van der Waals surface area contributed by atoms with Crippen molar-refractivity contribution in [1.82, 2.24) is 19.9 Å². The zero-order valence-electron chi connectivity index (χ0n) is 18.3. The molecule has 5 aliphatic rings. The molecule has 1 aromatic carbocycles. The second kappa shape index (κ2) is 6.74. The Morgan fingerprint density at radius 3 is 2.07 bits per heavy atom. The van der Waals surface area contributed by atoms with Gasteiger partial charge in [-0.05, 0) is 89.3 Å². The number of fused-ring (bicyclic) bond motifs is 3. The number of benzene rings is 1. The van der Waals surface area contributed by atoms with E-state index in [4.69, 9.17) is 15.0 Å². The Morgan fingerprint density at radius 1 is 0.800 bits per heavy atom. The van der Waals surface area contributed by atoms with Crippen molar-refractivity contribution >= 4 is 5.95 Å². The Morgan fingerprint density at radius 2 is 1.43 bits per heavy atom. The molecule has 0 unspecified atom stereocenters. The smallest absolute Gasteiger partial charge is 0.226 e. The molecule has 7 rings (SSSR count). The van der Waals surface area contributed by atoms with E-state index in [0.717, 1.165) is 23.2 Å². The molecule has 3 fully saturated rings. The molecule has 0 saturated heterocycles. The number of hydrogen-bond acceptors (Lipinski definition) is 5. The molecule has 5 nitrogen and oxygen atoms in total. The normalized spacial score (nSPS) is 27.8. The SMILES string of the molecule is CN(C)C1CCC(Nc2nc3nc(n2)C2(CCC4(CC4)c4ccc-3cc4)CC2)CC1. The average Bonchev–Trinajstić information content (AvgIpc) is 3.68. The van der Waals surface area contributed by atoms with Crippen molar-refractivity contribution in [2.75, 3.05) is 19.4 Å². The van der Waals surface area contributed by atoms with E-state index in [-0.39, 0.29) is 5.41 Å². The van der Waals surface area contributed by atoms with Crippen LogP contribution in [0.3, 0.4) is 0 Å². The summed E-state index contributed by atoms with van der Waals surface area (Å²) in [5, 5.41) is 3.69. The van der Waals surface area contributed by atoms with E-state index in [1.165, 1.54) is 69.8 Å². The zero-order chi connectivity index (χ0) is 20.3. The number of hydrogen-bond donors (Lipinski definition) is 1. The van der Waals surface area contributed by atoms with E-state index < -0.39 is 0 Å². The van der Waals surface area contributed by atoms with Crippen LogP contribution in [-0.2, 0) is 10.8 Å². The summed E-state index contributed by atoms with van der Waals surface area (Å²) < 4.78 is 0. The molecule has 1 N–H and O–H groups in total. The highest BCUT2D eigenvalue weighted by Crippen LogP contribution is 2.58. The molecule has 2 spiro atoms. The van der Waals surface area contributed by atoms with Gasteiger partial charge in [-0.3, -0.25) is 0 Å². The first-order valence-corrected chi connectivity index (χ1v) is 11.9. The summed E-state index contributed by atoms with van der Waals surface area (Å²) in [5.41, 5.74) is 3.25. The van der Waals surface area contributed by atoms with Gasteiger partial charge in [0.15, 0.2) is 5.82 Å². The van der Waals surface area contributed by atoms with Crippen molar-refractivity contribution in [3.05, 3.63) is 35.7 Å². The summed E-state index contributed by atoms with van der Waals surface area (Å²) in [6.07, 6.45) is 12.4. The molecule has 2 aromatic rings. The first kappa shape index (κ1) is 18.7. The lowest BCUT2D eigenvalue weighted by Crippen LogP contribution is -2.36. The molecule has 0 atom stereocenters. The zero-order valence-corrected chi connectivity index (χ0v) is 18.3. The van der Waals surface area contributed by atoms with Crippen LogP contribution in [-0.4, -0.2) is 46.0 Å². The highest BCUT2D eigenvalue weighted by atomic mass is 15.2. The van der Waals surface area contributed by atoms with E-state index in [9.17, 15) is 0 Å². The predicted molar refractivity (Wildman–Crippen MR) is 120 cm³/mol. The Kier molecular flexibility index (Phi) is 4.21. The number of anilines is 1. The average molecular weight is 404 g/mol. The van der Waals surface area contributed by atoms with Crippen LogP contribution in [0.25, 0.3) is 11.4 Å². The van der Waals surface area contributed by atoms with Crippen LogP contribution in [0.1, 0.15) is 75.6 Å². The van der Waals surface area contributed by atoms with Gasteiger partial charge in [0.1, 0.15) is 5.82 Å². The van der Waals surface area contributed by atoms with Crippen LogP contribution in [0.2, 0.25) is 0 Å². The largest absolute Gasteiger partial charge is 0.351 e. The topological polar surface area (TPSA) is 53.9 Å². The quantitative estimate of drug-likeness (QED) is 0.806. The Hall–Kier alpha value is -2.01. The van der Waals surface area contributed by atoms with Crippen molar-refractivity contribution in [2.24, 2.45) is 0 Å². The molecule has 3 saturated carbocycles. The van der Waals surface area contributed by atoms with Crippen LogP contribution >= 0.6 is 0 Å². The summed E-state index contributed by atoms with van der Waals surface area (Å²) in [6.45, 7) is 0. The first-order chi connectivity index (χ1) is 14.6. The standard InChI is InChI=1S/C25H33N5/c1-30(2)20-9-7-19(8-10-20)26-23-28-21-17-3-5-18(6-4-17)24(11-12-24)13-14-25(15-16-25)22(27-21)29-23/h3-6,19-20H,7-16H2,1-2H3,(H,26,27,28,29). The third-order valence-electron chi connectivity index (χ3n) is 8.41. The molecule has 4 bridgehead atoms. The van der Waals surface area contributed by atoms with Crippen molar-refractivity contribution in [1.29, 1.82) is 0 Å². The first-order valence-electron chi connectivity index (χ1n) is 11.9. The van der Waals surface area contributed by atoms with Crippen LogP contribution in [0.4, 0.5) is 5.95 Å². The Bertz CT molecular complexity index is 935. The molecule has 3 heterocycles. The second-order valence-corrected chi connectivity index (χ2v) is 10.6. The Balaban J connectivity index is 1.31. The minimum atomic E-state index is 0.192. The van der Waals surface area contributed by atoms with Crippen LogP contribution < -0.4 is 5.32 Å². The van der Waals surface area contributed by atoms with Crippen molar-refractivity contribution < 1.29 is 0 Å². The van der Waals surface area contributed by atoms with Gasteiger partial charge >= 0.3 is 0 Å². The molecule has 2 aliphatic heterocycles. The third-order valence-corrected chi connectivity index (χ3v) is 8.41. The van der Waals surface area contributed by atoms with Gasteiger partial charge in [-0.2, -0.15) is 9.97 Å². The maximum atomic E-state index is 5.01. The van der Waals surface area contributed by atoms with Crippen molar-refractivity contribution in [2.45, 2.75) is 87.1 Å². The molecule has 1 aromatic heterocycles. The molecule has 30 heavy (non-hydrogen) atoms. The number of rotatable bonds is 3. The van der Waals surface area contributed by atoms with Crippen molar-refractivity contribution in [3.8, 4) is 11.4 Å². The molecule has 158 valence electrons. The molecule has 5 heteroatoms. The Labute approximate surface area is 179 Å². The fourth-order valence-corrected chi connectivity index (χ4v) is 5.75. The highest BCUT2D eigenvalue weighted by Gasteiger charge is 2.52. The van der Waals surface area contributed by atoms with Crippen LogP contribution in [0.15, 0.2) is 24.3 Å². The van der Waals surface area contributed by atoms with Gasteiger partial charge in [-0.15, -0.1) is 0 Å². The molecular formula is C25H33N5. The fourth-order valence-electron chi connectivity index (χ4n) is 5.75. The maximum absolute atomic E-state index is 5.01.